The Labute approximate surface area is 120 Å². The van der Waals surface area contributed by atoms with Crippen molar-refractivity contribution in [2.45, 2.75) is 6.54 Å². The number of aromatic nitrogens is 1. The molecule has 0 unspecified atom stereocenters. The van der Waals surface area contributed by atoms with E-state index in [4.69, 9.17) is 0 Å². The maximum absolute atomic E-state index is 11.7. The largest absolute Gasteiger partial charge is 0.375 e. The molecule has 0 aliphatic carbocycles. The van der Waals surface area contributed by atoms with Crippen molar-refractivity contribution >= 4 is 27.5 Å². The van der Waals surface area contributed by atoms with Crippen molar-refractivity contribution in [3.63, 3.8) is 0 Å². The SMILES string of the molecule is O=C(CNc1ccccc1Br)NCc1cccnc1. The minimum absolute atomic E-state index is 0.0559. The van der Waals surface area contributed by atoms with E-state index in [0.717, 1.165) is 15.7 Å². The molecule has 0 saturated heterocycles. The fourth-order valence-electron chi connectivity index (χ4n) is 1.55. The summed E-state index contributed by atoms with van der Waals surface area (Å²) in [6.07, 6.45) is 3.45. The zero-order valence-electron chi connectivity index (χ0n) is 10.3. The molecule has 1 aromatic carbocycles. The predicted molar refractivity (Wildman–Crippen MR) is 78.7 cm³/mol. The van der Waals surface area contributed by atoms with Crippen molar-refractivity contribution in [3.8, 4) is 0 Å². The van der Waals surface area contributed by atoms with Gasteiger partial charge >= 0.3 is 0 Å². The summed E-state index contributed by atoms with van der Waals surface area (Å²) < 4.78 is 0.940. The Hall–Kier alpha value is -1.88. The van der Waals surface area contributed by atoms with E-state index in [9.17, 15) is 4.79 Å². The third-order valence-corrected chi connectivity index (χ3v) is 3.22. The molecule has 0 spiro atoms. The highest BCUT2D eigenvalue weighted by molar-refractivity contribution is 9.10. The topological polar surface area (TPSA) is 54.0 Å². The molecule has 1 heterocycles. The Balaban J connectivity index is 1.78. The van der Waals surface area contributed by atoms with Crippen molar-refractivity contribution in [2.24, 2.45) is 0 Å². The maximum Gasteiger partial charge on any atom is 0.239 e. The van der Waals surface area contributed by atoms with E-state index in [0.29, 0.717) is 6.54 Å². The molecule has 5 heteroatoms. The fourth-order valence-corrected chi connectivity index (χ4v) is 1.97. The molecule has 0 radical (unpaired) electrons. The number of benzene rings is 1. The first-order chi connectivity index (χ1) is 9.25. The van der Waals surface area contributed by atoms with Gasteiger partial charge in [0.2, 0.25) is 5.91 Å². The summed E-state index contributed by atoms with van der Waals surface area (Å²) in [7, 11) is 0. The Morgan fingerprint density at radius 2 is 2.05 bits per heavy atom. The van der Waals surface area contributed by atoms with Crippen LogP contribution in [0.4, 0.5) is 5.69 Å². The van der Waals surface area contributed by atoms with Crippen LogP contribution in [-0.4, -0.2) is 17.4 Å². The number of hydrogen-bond acceptors (Lipinski definition) is 3. The van der Waals surface area contributed by atoms with E-state index in [-0.39, 0.29) is 12.5 Å². The maximum atomic E-state index is 11.7. The van der Waals surface area contributed by atoms with Crippen molar-refractivity contribution in [2.75, 3.05) is 11.9 Å². The van der Waals surface area contributed by atoms with Gasteiger partial charge in [-0.15, -0.1) is 0 Å². The van der Waals surface area contributed by atoms with Gasteiger partial charge < -0.3 is 10.6 Å². The standard InChI is InChI=1S/C14H14BrN3O/c15-12-5-1-2-6-13(12)17-10-14(19)18-9-11-4-3-7-16-8-11/h1-8,17H,9-10H2,(H,18,19). The molecule has 0 aliphatic heterocycles. The summed E-state index contributed by atoms with van der Waals surface area (Å²) in [5, 5.41) is 5.91. The van der Waals surface area contributed by atoms with Gasteiger partial charge in [0, 0.05) is 29.1 Å². The molecule has 0 aliphatic rings. The van der Waals surface area contributed by atoms with Crippen LogP contribution in [0.1, 0.15) is 5.56 Å². The Kier molecular flexibility index (Phi) is 4.92. The minimum atomic E-state index is -0.0559. The van der Waals surface area contributed by atoms with Gasteiger partial charge in [-0.3, -0.25) is 9.78 Å². The number of amides is 1. The third-order valence-electron chi connectivity index (χ3n) is 2.53. The fraction of sp³-hybridized carbons (Fsp3) is 0.143. The molecule has 0 fully saturated rings. The van der Waals surface area contributed by atoms with Crippen LogP contribution in [0, 0.1) is 0 Å². The number of carbonyl (C=O) groups is 1. The van der Waals surface area contributed by atoms with E-state index in [1.165, 1.54) is 0 Å². The van der Waals surface area contributed by atoms with Crippen LogP contribution in [-0.2, 0) is 11.3 Å². The first-order valence-corrected chi connectivity index (χ1v) is 6.69. The van der Waals surface area contributed by atoms with Crippen molar-refractivity contribution in [1.29, 1.82) is 0 Å². The number of para-hydroxylation sites is 1. The summed E-state index contributed by atoms with van der Waals surface area (Å²) in [4.78, 5) is 15.7. The zero-order valence-corrected chi connectivity index (χ0v) is 11.9. The second-order valence-electron chi connectivity index (χ2n) is 3.97. The smallest absolute Gasteiger partial charge is 0.239 e. The molecule has 0 atom stereocenters. The Morgan fingerprint density at radius 1 is 1.21 bits per heavy atom. The number of rotatable bonds is 5. The molecular weight excluding hydrogens is 306 g/mol. The summed E-state index contributed by atoms with van der Waals surface area (Å²) in [5.41, 5.74) is 1.88. The van der Waals surface area contributed by atoms with Gasteiger partial charge in [0.25, 0.3) is 0 Å². The average molecular weight is 320 g/mol. The molecule has 19 heavy (non-hydrogen) atoms. The lowest BCUT2D eigenvalue weighted by atomic mass is 10.3. The summed E-state index contributed by atoms with van der Waals surface area (Å²) in [6, 6.07) is 11.5. The number of nitrogens with zero attached hydrogens (tertiary/aromatic N) is 1. The van der Waals surface area contributed by atoms with Gasteiger partial charge in [-0.2, -0.15) is 0 Å². The first kappa shape index (κ1) is 13.5. The lowest BCUT2D eigenvalue weighted by Crippen LogP contribution is -2.29. The first-order valence-electron chi connectivity index (χ1n) is 5.90. The second-order valence-corrected chi connectivity index (χ2v) is 4.83. The predicted octanol–water partition coefficient (Wildman–Crippen LogP) is 2.57. The number of nitrogens with one attached hydrogen (secondary N) is 2. The number of carbonyl (C=O) groups excluding carboxylic acids is 1. The van der Waals surface area contributed by atoms with E-state index in [2.05, 4.69) is 31.5 Å². The molecule has 4 nitrogen and oxygen atoms in total. The van der Waals surface area contributed by atoms with Gasteiger partial charge in [-0.1, -0.05) is 18.2 Å². The Morgan fingerprint density at radius 3 is 2.79 bits per heavy atom. The molecule has 2 rings (SSSR count). The van der Waals surface area contributed by atoms with E-state index in [1.54, 1.807) is 12.4 Å². The van der Waals surface area contributed by atoms with Gasteiger partial charge in [0.05, 0.1) is 6.54 Å². The highest BCUT2D eigenvalue weighted by Gasteiger charge is 2.03. The summed E-state index contributed by atoms with van der Waals surface area (Å²) >= 11 is 3.42. The third kappa shape index (κ3) is 4.37. The zero-order chi connectivity index (χ0) is 13.5. The van der Waals surface area contributed by atoms with E-state index < -0.39 is 0 Å². The van der Waals surface area contributed by atoms with Gasteiger partial charge in [-0.05, 0) is 39.7 Å². The molecule has 1 amide bonds. The van der Waals surface area contributed by atoms with Gasteiger partial charge in [0.1, 0.15) is 0 Å². The van der Waals surface area contributed by atoms with Crippen LogP contribution >= 0.6 is 15.9 Å². The molecule has 1 aromatic heterocycles. The van der Waals surface area contributed by atoms with Crippen LogP contribution in [0.25, 0.3) is 0 Å². The summed E-state index contributed by atoms with van der Waals surface area (Å²) in [6.45, 7) is 0.729. The molecule has 98 valence electrons. The monoisotopic (exact) mass is 319 g/mol. The van der Waals surface area contributed by atoms with Crippen LogP contribution in [0.3, 0.4) is 0 Å². The van der Waals surface area contributed by atoms with Gasteiger partial charge in [0.15, 0.2) is 0 Å². The number of anilines is 1. The number of pyridine rings is 1. The number of halogens is 1. The van der Waals surface area contributed by atoms with Crippen molar-refractivity contribution in [3.05, 3.63) is 58.8 Å². The molecule has 0 saturated carbocycles. The van der Waals surface area contributed by atoms with Crippen molar-refractivity contribution in [1.82, 2.24) is 10.3 Å². The Bertz CT molecular complexity index is 545. The van der Waals surface area contributed by atoms with Crippen LogP contribution in [0.15, 0.2) is 53.3 Å². The lowest BCUT2D eigenvalue weighted by molar-refractivity contribution is -0.119. The van der Waals surface area contributed by atoms with E-state index >= 15 is 0 Å². The molecule has 0 bridgehead atoms. The van der Waals surface area contributed by atoms with Crippen LogP contribution < -0.4 is 10.6 Å². The normalized spacial score (nSPS) is 9.95. The van der Waals surface area contributed by atoms with Crippen LogP contribution in [0.5, 0.6) is 0 Å². The minimum Gasteiger partial charge on any atom is -0.375 e. The van der Waals surface area contributed by atoms with Gasteiger partial charge in [-0.25, -0.2) is 0 Å². The van der Waals surface area contributed by atoms with Crippen LogP contribution in [0.2, 0.25) is 0 Å². The lowest BCUT2D eigenvalue weighted by Gasteiger charge is -2.09. The average Bonchev–Trinajstić information content (AvgIpc) is 2.45. The highest BCUT2D eigenvalue weighted by atomic mass is 79.9. The molecule has 2 N–H and O–H groups in total. The van der Waals surface area contributed by atoms with E-state index in [1.807, 2.05) is 36.4 Å². The second kappa shape index (κ2) is 6.89. The molecular formula is C14H14BrN3O. The highest BCUT2D eigenvalue weighted by Crippen LogP contribution is 2.20. The number of hydrogen-bond donors (Lipinski definition) is 2. The quantitative estimate of drug-likeness (QED) is 0.890. The summed E-state index contributed by atoms with van der Waals surface area (Å²) in [5.74, 6) is -0.0559. The van der Waals surface area contributed by atoms with Crippen molar-refractivity contribution < 1.29 is 4.79 Å². The molecule has 2 aromatic rings.